The van der Waals surface area contributed by atoms with Crippen LogP contribution in [0.25, 0.3) is 11.3 Å². The summed E-state index contributed by atoms with van der Waals surface area (Å²) in [5, 5.41) is 3.49. The number of hydrogen-bond donors (Lipinski definition) is 1. The molecule has 0 bridgehead atoms. The van der Waals surface area contributed by atoms with E-state index in [9.17, 15) is 0 Å². The van der Waals surface area contributed by atoms with Crippen LogP contribution in [0.2, 0.25) is 0 Å². The highest BCUT2D eigenvalue weighted by atomic mass is 16.7. The molecule has 2 aromatic rings. The maximum Gasteiger partial charge on any atom is 0.227 e. The van der Waals surface area contributed by atoms with Gasteiger partial charge in [-0.2, -0.15) is 4.98 Å². The Balaban J connectivity index is 1.62. The molecule has 6 nitrogen and oxygen atoms in total. The number of hydrogen-bond acceptors (Lipinski definition) is 6. The Morgan fingerprint density at radius 3 is 2.30 bits per heavy atom. The maximum atomic E-state index is 5.85. The smallest absolute Gasteiger partial charge is 0.227 e. The second kappa shape index (κ2) is 7.09. The fourth-order valence-electron chi connectivity index (χ4n) is 3.61. The molecule has 2 aliphatic heterocycles. The Morgan fingerprint density at radius 2 is 1.67 bits per heavy atom. The van der Waals surface area contributed by atoms with Gasteiger partial charge in [0.25, 0.3) is 0 Å². The number of nitrogens with one attached hydrogen (secondary N) is 1. The molecule has 6 heteroatoms. The standard InChI is InChI=1S/C21H28N4O2/c1-20(2,3)24-18-15-17(16-7-5-4-6-8-16)22-19(23-18)25-11-9-21(10-12-25)26-13-14-27-21/h4-8,15H,9-14H2,1-3H3,(H,22,23,24). The monoisotopic (exact) mass is 368 g/mol. The lowest BCUT2D eigenvalue weighted by atomic mass is 10.0. The molecule has 0 saturated carbocycles. The predicted octanol–water partition coefficient (Wildman–Crippen LogP) is 3.70. The van der Waals surface area contributed by atoms with E-state index in [4.69, 9.17) is 19.4 Å². The molecular weight excluding hydrogens is 340 g/mol. The van der Waals surface area contributed by atoms with Crippen molar-refractivity contribution in [2.24, 2.45) is 0 Å². The van der Waals surface area contributed by atoms with E-state index in [1.807, 2.05) is 24.3 Å². The molecule has 2 saturated heterocycles. The topological polar surface area (TPSA) is 59.5 Å². The molecule has 4 rings (SSSR count). The van der Waals surface area contributed by atoms with E-state index >= 15 is 0 Å². The molecular formula is C21H28N4O2. The molecule has 144 valence electrons. The van der Waals surface area contributed by atoms with Crippen LogP contribution in [-0.4, -0.2) is 47.6 Å². The van der Waals surface area contributed by atoms with E-state index < -0.39 is 0 Å². The Labute approximate surface area is 160 Å². The molecule has 3 heterocycles. The molecule has 2 fully saturated rings. The summed E-state index contributed by atoms with van der Waals surface area (Å²) in [4.78, 5) is 11.9. The van der Waals surface area contributed by atoms with E-state index in [0.717, 1.165) is 49.0 Å². The number of piperidine rings is 1. The number of ether oxygens (including phenoxy) is 2. The van der Waals surface area contributed by atoms with Gasteiger partial charge in [-0.15, -0.1) is 0 Å². The van der Waals surface area contributed by atoms with Crippen molar-refractivity contribution >= 4 is 11.8 Å². The first-order valence-corrected chi connectivity index (χ1v) is 9.68. The van der Waals surface area contributed by atoms with Gasteiger partial charge in [-0.05, 0) is 20.8 Å². The summed E-state index contributed by atoms with van der Waals surface area (Å²) in [6, 6.07) is 12.3. The maximum absolute atomic E-state index is 5.85. The summed E-state index contributed by atoms with van der Waals surface area (Å²) in [5.41, 5.74) is 1.95. The summed E-state index contributed by atoms with van der Waals surface area (Å²) >= 11 is 0. The second-order valence-corrected chi connectivity index (χ2v) is 8.27. The average Bonchev–Trinajstić information content (AvgIpc) is 3.09. The number of aromatic nitrogens is 2. The third-order valence-corrected chi connectivity index (χ3v) is 4.91. The lowest BCUT2D eigenvalue weighted by Gasteiger charge is -2.37. The van der Waals surface area contributed by atoms with Crippen LogP contribution in [0.4, 0.5) is 11.8 Å². The van der Waals surface area contributed by atoms with Crippen LogP contribution in [0.3, 0.4) is 0 Å². The zero-order valence-corrected chi connectivity index (χ0v) is 16.4. The summed E-state index contributed by atoms with van der Waals surface area (Å²) in [5.74, 6) is 1.22. The Morgan fingerprint density at radius 1 is 1.00 bits per heavy atom. The van der Waals surface area contributed by atoms with E-state index in [2.05, 4.69) is 43.1 Å². The molecule has 0 unspecified atom stereocenters. The van der Waals surface area contributed by atoms with Crippen LogP contribution < -0.4 is 10.2 Å². The van der Waals surface area contributed by atoms with E-state index in [-0.39, 0.29) is 11.3 Å². The fraction of sp³-hybridized carbons (Fsp3) is 0.524. The van der Waals surface area contributed by atoms with Gasteiger partial charge in [0, 0.05) is 43.1 Å². The van der Waals surface area contributed by atoms with Crippen molar-refractivity contribution in [1.29, 1.82) is 0 Å². The minimum atomic E-state index is -0.389. The summed E-state index contributed by atoms with van der Waals surface area (Å²) in [6.45, 7) is 9.45. The van der Waals surface area contributed by atoms with E-state index in [1.54, 1.807) is 0 Å². The highest BCUT2D eigenvalue weighted by Gasteiger charge is 2.40. The van der Waals surface area contributed by atoms with Crippen LogP contribution in [0.1, 0.15) is 33.6 Å². The molecule has 1 spiro atoms. The van der Waals surface area contributed by atoms with Crippen molar-refractivity contribution in [3.05, 3.63) is 36.4 Å². The van der Waals surface area contributed by atoms with Gasteiger partial charge in [-0.1, -0.05) is 30.3 Å². The van der Waals surface area contributed by atoms with Gasteiger partial charge >= 0.3 is 0 Å². The van der Waals surface area contributed by atoms with Gasteiger partial charge in [0.15, 0.2) is 5.79 Å². The largest absolute Gasteiger partial charge is 0.365 e. The first kappa shape index (κ1) is 18.2. The molecule has 2 aliphatic rings. The van der Waals surface area contributed by atoms with Crippen molar-refractivity contribution in [2.75, 3.05) is 36.5 Å². The van der Waals surface area contributed by atoms with E-state index in [1.165, 1.54) is 0 Å². The average molecular weight is 368 g/mol. The van der Waals surface area contributed by atoms with Crippen LogP contribution in [0, 0.1) is 0 Å². The zero-order chi connectivity index (χ0) is 18.9. The molecule has 1 aromatic carbocycles. The molecule has 0 amide bonds. The third kappa shape index (κ3) is 4.22. The van der Waals surface area contributed by atoms with Crippen molar-refractivity contribution in [3.8, 4) is 11.3 Å². The minimum absolute atomic E-state index is 0.0724. The number of nitrogens with zero attached hydrogens (tertiary/aromatic N) is 3. The quantitative estimate of drug-likeness (QED) is 0.891. The number of rotatable bonds is 3. The fourth-order valence-corrected chi connectivity index (χ4v) is 3.61. The van der Waals surface area contributed by atoms with Crippen molar-refractivity contribution in [3.63, 3.8) is 0 Å². The predicted molar refractivity (Wildman–Crippen MR) is 107 cm³/mol. The van der Waals surface area contributed by atoms with Crippen molar-refractivity contribution in [2.45, 2.75) is 44.9 Å². The van der Waals surface area contributed by atoms with Crippen LogP contribution in [-0.2, 0) is 9.47 Å². The molecule has 0 radical (unpaired) electrons. The van der Waals surface area contributed by atoms with E-state index in [0.29, 0.717) is 13.2 Å². The van der Waals surface area contributed by atoms with Gasteiger partial charge in [0.05, 0.1) is 18.9 Å². The molecule has 0 aliphatic carbocycles. The van der Waals surface area contributed by atoms with Gasteiger partial charge in [0.1, 0.15) is 5.82 Å². The summed E-state index contributed by atoms with van der Waals surface area (Å²) < 4.78 is 11.7. The Bertz CT molecular complexity index is 773. The van der Waals surface area contributed by atoms with Crippen molar-refractivity contribution in [1.82, 2.24) is 9.97 Å². The lowest BCUT2D eigenvalue weighted by Crippen LogP contribution is -2.45. The Kier molecular flexibility index (Phi) is 4.78. The first-order valence-electron chi connectivity index (χ1n) is 9.68. The van der Waals surface area contributed by atoms with Crippen LogP contribution in [0.5, 0.6) is 0 Å². The van der Waals surface area contributed by atoms with Crippen LogP contribution in [0.15, 0.2) is 36.4 Å². The highest BCUT2D eigenvalue weighted by Crippen LogP contribution is 2.33. The molecule has 1 aromatic heterocycles. The summed E-state index contributed by atoms with van der Waals surface area (Å²) in [7, 11) is 0. The van der Waals surface area contributed by atoms with Gasteiger partial charge in [0.2, 0.25) is 5.95 Å². The lowest BCUT2D eigenvalue weighted by molar-refractivity contribution is -0.169. The number of anilines is 2. The summed E-state index contributed by atoms with van der Waals surface area (Å²) in [6.07, 6.45) is 1.68. The molecule has 0 atom stereocenters. The second-order valence-electron chi connectivity index (χ2n) is 8.27. The Hall–Kier alpha value is -2.18. The van der Waals surface area contributed by atoms with Gasteiger partial charge < -0.3 is 19.7 Å². The van der Waals surface area contributed by atoms with Crippen LogP contribution >= 0.6 is 0 Å². The minimum Gasteiger partial charge on any atom is -0.365 e. The molecule has 1 N–H and O–H groups in total. The van der Waals surface area contributed by atoms with Gasteiger partial charge in [-0.25, -0.2) is 4.98 Å². The van der Waals surface area contributed by atoms with Gasteiger partial charge in [-0.3, -0.25) is 0 Å². The highest BCUT2D eigenvalue weighted by molar-refractivity contribution is 5.64. The SMILES string of the molecule is CC(C)(C)Nc1cc(-c2ccccc2)nc(N2CCC3(CC2)OCCO3)n1. The third-order valence-electron chi connectivity index (χ3n) is 4.91. The number of benzene rings is 1. The van der Waals surface area contributed by atoms with Crippen molar-refractivity contribution < 1.29 is 9.47 Å². The zero-order valence-electron chi connectivity index (χ0n) is 16.4. The first-order chi connectivity index (χ1) is 12.9. The normalized spacial score (nSPS) is 19.4. The molecule has 27 heavy (non-hydrogen) atoms.